The van der Waals surface area contributed by atoms with Gasteiger partial charge in [-0.15, -0.1) is 0 Å². The molecule has 5 heteroatoms. The lowest BCUT2D eigenvalue weighted by Gasteiger charge is -2.17. The molecule has 3 heterocycles. The van der Waals surface area contributed by atoms with E-state index in [1.165, 1.54) is 11.1 Å². The Morgan fingerprint density at radius 3 is 2.59 bits per heavy atom. The maximum absolute atomic E-state index is 4.84. The lowest BCUT2D eigenvalue weighted by Crippen LogP contribution is -2.09. The third kappa shape index (κ3) is 2.97. The first-order valence-corrected chi connectivity index (χ1v) is 9.87. The van der Waals surface area contributed by atoms with Gasteiger partial charge >= 0.3 is 0 Å². The van der Waals surface area contributed by atoms with Gasteiger partial charge in [0.1, 0.15) is 11.5 Å². The summed E-state index contributed by atoms with van der Waals surface area (Å²) in [5, 5.41) is 9.19. The number of hydrogen-bond acceptors (Lipinski definition) is 3. The van der Waals surface area contributed by atoms with Gasteiger partial charge in [0, 0.05) is 24.0 Å². The molecule has 27 heavy (non-hydrogen) atoms. The molecule has 4 aromatic rings. The highest BCUT2D eigenvalue weighted by Gasteiger charge is 2.17. The van der Waals surface area contributed by atoms with E-state index in [4.69, 9.17) is 4.98 Å². The van der Waals surface area contributed by atoms with Crippen LogP contribution in [-0.4, -0.2) is 19.2 Å². The van der Waals surface area contributed by atoms with Crippen molar-refractivity contribution in [2.75, 3.05) is 5.32 Å². The van der Waals surface area contributed by atoms with Crippen molar-refractivity contribution < 1.29 is 0 Å². The molecule has 0 bridgehead atoms. The average molecular weight is 361 g/mol. The highest BCUT2D eigenvalue weighted by molar-refractivity contribution is 5.92. The first-order chi connectivity index (χ1) is 13.2. The fraction of sp³-hybridized carbons (Fsp3) is 0.364. The average Bonchev–Trinajstić information content (AvgIpc) is 3.31. The van der Waals surface area contributed by atoms with Gasteiger partial charge in [0.25, 0.3) is 0 Å². The molecule has 0 aliphatic heterocycles. The van der Waals surface area contributed by atoms with Crippen LogP contribution in [0.25, 0.3) is 16.7 Å². The molecule has 0 fully saturated rings. The predicted octanol–water partition coefficient (Wildman–Crippen LogP) is 5.66. The number of hydrogen-bond donors (Lipinski definition) is 1. The molecule has 0 amide bonds. The molecule has 1 aromatic carbocycles. The standard InChI is InChI=1S/C22H27N5/c1-5-16-8-9-19(15(4)14-16)24-21-18-11-13-26(17(6-2)7-3)22(18)27-20(25-21)10-12-23-27/h8-14,17H,5-7H2,1-4H3,(H,24,25). The van der Waals surface area contributed by atoms with Crippen molar-refractivity contribution >= 4 is 28.2 Å². The second kappa shape index (κ2) is 7.06. The SMILES string of the molecule is CCc1ccc(Nc2nc3ccnn3c3c2ccn3C(CC)CC)c(C)c1. The Bertz CT molecular complexity index is 1080. The number of benzene rings is 1. The molecule has 0 spiro atoms. The topological polar surface area (TPSA) is 47.1 Å². The summed E-state index contributed by atoms with van der Waals surface area (Å²) in [5.74, 6) is 0.884. The molecule has 3 aromatic heterocycles. The Hall–Kier alpha value is -2.82. The van der Waals surface area contributed by atoms with Crippen LogP contribution in [0, 0.1) is 6.92 Å². The maximum Gasteiger partial charge on any atom is 0.159 e. The zero-order valence-corrected chi connectivity index (χ0v) is 16.5. The second-order valence-corrected chi connectivity index (χ2v) is 7.12. The van der Waals surface area contributed by atoms with Crippen molar-refractivity contribution in [2.45, 2.75) is 53.0 Å². The molecule has 0 atom stereocenters. The minimum absolute atomic E-state index is 0.454. The maximum atomic E-state index is 4.84. The number of fused-ring (bicyclic) bond motifs is 3. The fourth-order valence-electron chi connectivity index (χ4n) is 3.85. The smallest absolute Gasteiger partial charge is 0.159 e. The van der Waals surface area contributed by atoms with Crippen LogP contribution in [0.5, 0.6) is 0 Å². The van der Waals surface area contributed by atoms with E-state index in [1.54, 1.807) is 0 Å². The Kier molecular flexibility index (Phi) is 4.60. The Morgan fingerprint density at radius 2 is 1.89 bits per heavy atom. The monoisotopic (exact) mass is 361 g/mol. The molecular weight excluding hydrogens is 334 g/mol. The quantitative estimate of drug-likeness (QED) is 0.482. The first kappa shape index (κ1) is 17.6. The summed E-state index contributed by atoms with van der Waals surface area (Å²) in [4.78, 5) is 4.84. The second-order valence-electron chi connectivity index (χ2n) is 7.12. The van der Waals surface area contributed by atoms with E-state index >= 15 is 0 Å². The van der Waals surface area contributed by atoms with E-state index < -0.39 is 0 Å². The molecule has 140 valence electrons. The Balaban J connectivity index is 1.88. The number of rotatable bonds is 6. The lowest BCUT2D eigenvalue weighted by atomic mass is 10.1. The first-order valence-electron chi connectivity index (χ1n) is 9.87. The van der Waals surface area contributed by atoms with Crippen molar-refractivity contribution in [3.05, 3.63) is 53.9 Å². The van der Waals surface area contributed by atoms with Gasteiger partial charge in [0.05, 0.1) is 11.6 Å². The number of aromatic nitrogens is 4. The largest absolute Gasteiger partial charge is 0.339 e. The van der Waals surface area contributed by atoms with Gasteiger partial charge in [-0.2, -0.15) is 9.61 Å². The Labute approximate surface area is 160 Å². The summed E-state index contributed by atoms with van der Waals surface area (Å²) >= 11 is 0. The van der Waals surface area contributed by atoms with Crippen molar-refractivity contribution in [1.82, 2.24) is 19.2 Å². The molecule has 0 saturated carbocycles. The zero-order chi connectivity index (χ0) is 19.0. The highest BCUT2D eigenvalue weighted by Crippen LogP contribution is 2.31. The molecular formula is C22H27N5. The lowest BCUT2D eigenvalue weighted by molar-refractivity contribution is 0.481. The van der Waals surface area contributed by atoms with Gasteiger partial charge in [-0.05, 0) is 49.4 Å². The van der Waals surface area contributed by atoms with Crippen LogP contribution >= 0.6 is 0 Å². The van der Waals surface area contributed by atoms with Crippen molar-refractivity contribution in [1.29, 1.82) is 0 Å². The van der Waals surface area contributed by atoms with E-state index in [0.29, 0.717) is 6.04 Å². The van der Waals surface area contributed by atoms with Crippen molar-refractivity contribution in [3.63, 3.8) is 0 Å². The van der Waals surface area contributed by atoms with E-state index in [9.17, 15) is 0 Å². The van der Waals surface area contributed by atoms with Gasteiger partial charge in [-0.3, -0.25) is 0 Å². The van der Waals surface area contributed by atoms with Gasteiger partial charge in [-0.1, -0.05) is 32.9 Å². The number of aryl methyl sites for hydroxylation is 2. The van der Waals surface area contributed by atoms with Gasteiger partial charge in [0.2, 0.25) is 0 Å². The third-order valence-corrected chi connectivity index (χ3v) is 5.48. The number of anilines is 2. The van der Waals surface area contributed by atoms with E-state index in [1.807, 2.05) is 16.8 Å². The fourth-order valence-corrected chi connectivity index (χ4v) is 3.85. The normalized spacial score (nSPS) is 11.7. The molecule has 4 rings (SSSR count). The van der Waals surface area contributed by atoms with Crippen molar-refractivity contribution in [2.24, 2.45) is 0 Å². The van der Waals surface area contributed by atoms with Crippen LogP contribution < -0.4 is 5.32 Å². The summed E-state index contributed by atoms with van der Waals surface area (Å²) in [6.45, 7) is 8.80. The number of nitrogens with zero attached hydrogens (tertiary/aromatic N) is 4. The van der Waals surface area contributed by atoms with Crippen LogP contribution in [0.1, 0.15) is 50.8 Å². The van der Waals surface area contributed by atoms with E-state index in [-0.39, 0.29) is 0 Å². The van der Waals surface area contributed by atoms with Crippen molar-refractivity contribution in [3.8, 4) is 0 Å². The number of nitrogens with one attached hydrogen (secondary N) is 1. The molecule has 0 aliphatic rings. The third-order valence-electron chi connectivity index (χ3n) is 5.48. The predicted molar refractivity (Wildman–Crippen MR) is 112 cm³/mol. The van der Waals surface area contributed by atoms with Crippen LogP contribution in [-0.2, 0) is 6.42 Å². The zero-order valence-electron chi connectivity index (χ0n) is 16.5. The summed E-state index contributed by atoms with van der Waals surface area (Å²) in [5.41, 5.74) is 5.64. The van der Waals surface area contributed by atoms with Crippen LogP contribution in [0.4, 0.5) is 11.5 Å². The molecule has 0 radical (unpaired) electrons. The van der Waals surface area contributed by atoms with Crippen LogP contribution in [0.3, 0.4) is 0 Å². The van der Waals surface area contributed by atoms with E-state index in [2.05, 4.69) is 73.1 Å². The minimum Gasteiger partial charge on any atom is -0.339 e. The molecule has 0 aliphatic carbocycles. The molecule has 0 saturated heterocycles. The molecule has 1 N–H and O–H groups in total. The Morgan fingerprint density at radius 1 is 1.07 bits per heavy atom. The minimum atomic E-state index is 0.454. The van der Waals surface area contributed by atoms with Gasteiger partial charge in [0.15, 0.2) is 5.65 Å². The highest BCUT2D eigenvalue weighted by atomic mass is 15.3. The van der Waals surface area contributed by atoms with E-state index in [0.717, 1.165) is 47.4 Å². The summed E-state index contributed by atoms with van der Waals surface area (Å²) in [7, 11) is 0. The summed E-state index contributed by atoms with van der Waals surface area (Å²) < 4.78 is 4.29. The van der Waals surface area contributed by atoms with Gasteiger partial charge in [-0.25, -0.2) is 4.98 Å². The molecule has 0 unspecified atom stereocenters. The molecule has 5 nitrogen and oxygen atoms in total. The summed E-state index contributed by atoms with van der Waals surface area (Å²) in [6, 6.07) is 11.1. The van der Waals surface area contributed by atoms with Crippen LogP contribution in [0.2, 0.25) is 0 Å². The van der Waals surface area contributed by atoms with Crippen LogP contribution in [0.15, 0.2) is 42.7 Å². The summed E-state index contributed by atoms with van der Waals surface area (Å²) in [6.07, 6.45) is 7.21. The van der Waals surface area contributed by atoms with Gasteiger partial charge < -0.3 is 9.88 Å².